The van der Waals surface area contributed by atoms with Crippen molar-refractivity contribution in [2.24, 2.45) is 0 Å². The van der Waals surface area contributed by atoms with Crippen LogP contribution in [0.3, 0.4) is 0 Å². The summed E-state index contributed by atoms with van der Waals surface area (Å²) in [6.07, 6.45) is 1.95. The maximum atomic E-state index is 9.50. The van der Waals surface area contributed by atoms with Crippen molar-refractivity contribution < 1.29 is 0 Å². The average molecular weight is 315 g/mol. The van der Waals surface area contributed by atoms with Crippen LogP contribution in [0.25, 0.3) is 5.57 Å². The molecule has 0 aliphatic rings. The molecule has 0 heterocycles. The fourth-order valence-electron chi connectivity index (χ4n) is 1.91. The zero-order chi connectivity index (χ0) is 15.2. The fraction of sp³-hybridized carbons (Fsp3) is 0.118. The standard InChI is InChI=1S/C17H15ClN2S/c1-12-5-3-4-6-16(12)20-17(21-2)15(11-19)13-7-9-14(18)10-8-13/h3-10,20H,1-2H3/b17-15+. The van der Waals surface area contributed by atoms with E-state index in [1.807, 2.05) is 49.6 Å². The van der Waals surface area contributed by atoms with Gasteiger partial charge in [-0.1, -0.05) is 41.9 Å². The summed E-state index contributed by atoms with van der Waals surface area (Å²) in [6.45, 7) is 2.04. The number of para-hydroxylation sites is 1. The molecular formula is C17H15ClN2S. The van der Waals surface area contributed by atoms with Crippen molar-refractivity contribution in [2.45, 2.75) is 6.92 Å². The number of rotatable bonds is 4. The van der Waals surface area contributed by atoms with Gasteiger partial charge in [-0.25, -0.2) is 0 Å². The smallest absolute Gasteiger partial charge is 0.103 e. The van der Waals surface area contributed by atoms with E-state index in [0.29, 0.717) is 10.6 Å². The van der Waals surface area contributed by atoms with Crippen LogP contribution in [0.1, 0.15) is 11.1 Å². The largest absolute Gasteiger partial charge is 0.349 e. The summed E-state index contributed by atoms with van der Waals surface area (Å²) >= 11 is 7.42. The zero-order valence-electron chi connectivity index (χ0n) is 11.9. The van der Waals surface area contributed by atoms with Crippen LogP contribution >= 0.6 is 23.4 Å². The molecule has 0 aliphatic heterocycles. The molecule has 0 bridgehead atoms. The van der Waals surface area contributed by atoms with E-state index in [2.05, 4.69) is 11.4 Å². The number of benzene rings is 2. The third-order valence-corrected chi connectivity index (χ3v) is 4.04. The van der Waals surface area contributed by atoms with Gasteiger partial charge in [0.1, 0.15) is 6.07 Å². The minimum absolute atomic E-state index is 0.613. The Labute approximate surface area is 134 Å². The topological polar surface area (TPSA) is 35.8 Å². The Morgan fingerprint density at radius 3 is 2.38 bits per heavy atom. The van der Waals surface area contributed by atoms with Crippen molar-refractivity contribution in [2.75, 3.05) is 11.6 Å². The van der Waals surface area contributed by atoms with Gasteiger partial charge in [-0.2, -0.15) is 5.26 Å². The van der Waals surface area contributed by atoms with Crippen molar-refractivity contribution in [3.05, 3.63) is 69.7 Å². The lowest BCUT2D eigenvalue weighted by molar-refractivity contribution is 1.42. The van der Waals surface area contributed by atoms with Crippen LogP contribution in [0.5, 0.6) is 0 Å². The van der Waals surface area contributed by atoms with Crippen LogP contribution in [0.2, 0.25) is 5.02 Å². The number of nitrogens with one attached hydrogen (secondary N) is 1. The molecule has 0 spiro atoms. The molecule has 21 heavy (non-hydrogen) atoms. The summed E-state index contributed by atoms with van der Waals surface area (Å²) in [5, 5.41) is 14.3. The maximum Gasteiger partial charge on any atom is 0.103 e. The van der Waals surface area contributed by atoms with Gasteiger partial charge in [0.2, 0.25) is 0 Å². The lowest BCUT2D eigenvalue weighted by Crippen LogP contribution is -2.01. The number of halogens is 1. The Morgan fingerprint density at radius 1 is 1.14 bits per heavy atom. The predicted octanol–water partition coefficient (Wildman–Crippen LogP) is 5.32. The van der Waals surface area contributed by atoms with Gasteiger partial charge in [-0.05, 0) is 42.5 Å². The number of anilines is 1. The van der Waals surface area contributed by atoms with E-state index in [-0.39, 0.29) is 0 Å². The molecule has 2 aromatic rings. The van der Waals surface area contributed by atoms with Crippen molar-refractivity contribution in [3.63, 3.8) is 0 Å². The van der Waals surface area contributed by atoms with Crippen LogP contribution < -0.4 is 5.32 Å². The van der Waals surface area contributed by atoms with Gasteiger partial charge in [-0.15, -0.1) is 11.8 Å². The molecule has 0 aromatic heterocycles. The van der Waals surface area contributed by atoms with Crippen LogP contribution in [0, 0.1) is 18.3 Å². The molecule has 2 aromatic carbocycles. The van der Waals surface area contributed by atoms with E-state index < -0.39 is 0 Å². The SMILES string of the molecule is CS/C(Nc1ccccc1C)=C(\C#N)c1ccc(Cl)cc1. The molecule has 0 aliphatic carbocycles. The molecule has 1 N–H and O–H groups in total. The first kappa shape index (κ1) is 15.5. The molecule has 0 radical (unpaired) electrons. The second-order valence-corrected chi connectivity index (χ2v) is 5.72. The first-order valence-electron chi connectivity index (χ1n) is 6.42. The van der Waals surface area contributed by atoms with Gasteiger partial charge in [0, 0.05) is 10.7 Å². The number of aryl methyl sites for hydroxylation is 1. The Morgan fingerprint density at radius 2 is 1.81 bits per heavy atom. The van der Waals surface area contributed by atoms with Gasteiger partial charge < -0.3 is 5.32 Å². The second kappa shape index (κ2) is 7.21. The Balaban J connectivity index is 2.42. The maximum absolute atomic E-state index is 9.50. The minimum Gasteiger partial charge on any atom is -0.349 e. The first-order chi connectivity index (χ1) is 10.2. The van der Waals surface area contributed by atoms with E-state index in [0.717, 1.165) is 21.8 Å². The zero-order valence-corrected chi connectivity index (χ0v) is 13.4. The summed E-state index contributed by atoms with van der Waals surface area (Å²) in [6, 6.07) is 17.6. The normalized spacial score (nSPS) is 11.5. The molecule has 0 amide bonds. The van der Waals surface area contributed by atoms with E-state index in [4.69, 9.17) is 11.6 Å². The highest BCUT2D eigenvalue weighted by molar-refractivity contribution is 8.02. The van der Waals surface area contributed by atoms with Crippen molar-refractivity contribution in [1.82, 2.24) is 0 Å². The first-order valence-corrected chi connectivity index (χ1v) is 8.03. The molecular weight excluding hydrogens is 300 g/mol. The second-order valence-electron chi connectivity index (χ2n) is 4.47. The van der Waals surface area contributed by atoms with Crippen molar-refractivity contribution in [1.29, 1.82) is 5.26 Å². The monoisotopic (exact) mass is 314 g/mol. The summed E-state index contributed by atoms with van der Waals surface area (Å²) in [5.41, 5.74) is 3.61. The third kappa shape index (κ3) is 3.81. The van der Waals surface area contributed by atoms with Crippen LogP contribution in [-0.2, 0) is 0 Å². The summed E-state index contributed by atoms with van der Waals surface area (Å²) < 4.78 is 0. The third-order valence-electron chi connectivity index (χ3n) is 3.07. The number of nitriles is 1. The van der Waals surface area contributed by atoms with E-state index in [1.54, 1.807) is 12.1 Å². The number of hydrogen-bond donors (Lipinski definition) is 1. The Bertz CT molecular complexity index is 699. The quantitative estimate of drug-likeness (QED) is 0.776. The molecule has 0 unspecified atom stereocenters. The predicted molar refractivity (Wildman–Crippen MR) is 92.3 cm³/mol. The number of thioether (sulfide) groups is 1. The minimum atomic E-state index is 0.613. The van der Waals surface area contributed by atoms with Gasteiger partial charge in [0.15, 0.2) is 0 Å². The van der Waals surface area contributed by atoms with E-state index in [9.17, 15) is 5.26 Å². The molecule has 106 valence electrons. The number of hydrogen-bond acceptors (Lipinski definition) is 3. The molecule has 0 saturated heterocycles. The van der Waals surface area contributed by atoms with E-state index in [1.165, 1.54) is 11.8 Å². The highest BCUT2D eigenvalue weighted by Crippen LogP contribution is 2.28. The molecule has 4 heteroatoms. The Hall–Kier alpha value is -1.89. The molecule has 2 rings (SSSR count). The lowest BCUT2D eigenvalue weighted by atomic mass is 10.1. The summed E-state index contributed by atoms with van der Waals surface area (Å²) in [7, 11) is 0. The Kier molecular flexibility index (Phi) is 5.32. The van der Waals surface area contributed by atoms with Crippen LogP contribution in [0.4, 0.5) is 5.69 Å². The van der Waals surface area contributed by atoms with Gasteiger partial charge in [-0.3, -0.25) is 0 Å². The van der Waals surface area contributed by atoms with Crippen LogP contribution in [0.15, 0.2) is 53.6 Å². The number of allylic oxidation sites excluding steroid dienone is 1. The fourth-order valence-corrected chi connectivity index (χ4v) is 2.62. The van der Waals surface area contributed by atoms with Gasteiger partial charge in [0.25, 0.3) is 0 Å². The summed E-state index contributed by atoms with van der Waals surface area (Å²) in [5.74, 6) is 0. The van der Waals surface area contributed by atoms with E-state index >= 15 is 0 Å². The van der Waals surface area contributed by atoms with Gasteiger partial charge in [0.05, 0.1) is 10.6 Å². The highest BCUT2D eigenvalue weighted by atomic mass is 35.5. The molecule has 0 atom stereocenters. The van der Waals surface area contributed by atoms with Crippen molar-refractivity contribution >= 4 is 34.6 Å². The van der Waals surface area contributed by atoms with Crippen LogP contribution in [-0.4, -0.2) is 6.26 Å². The highest BCUT2D eigenvalue weighted by Gasteiger charge is 2.10. The van der Waals surface area contributed by atoms with Crippen molar-refractivity contribution in [3.8, 4) is 6.07 Å². The van der Waals surface area contributed by atoms with Gasteiger partial charge >= 0.3 is 0 Å². The lowest BCUT2D eigenvalue weighted by Gasteiger charge is -2.13. The summed E-state index contributed by atoms with van der Waals surface area (Å²) in [4.78, 5) is 0. The average Bonchev–Trinajstić information content (AvgIpc) is 2.50. The molecule has 2 nitrogen and oxygen atoms in total. The molecule has 0 saturated carbocycles. The molecule has 0 fully saturated rings. The number of nitrogens with zero attached hydrogens (tertiary/aromatic N) is 1.